The lowest BCUT2D eigenvalue weighted by atomic mass is 10.1. The van der Waals surface area contributed by atoms with Gasteiger partial charge in [0.15, 0.2) is 0 Å². The van der Waals surface area contributed by atoms with Crippen molar-refractivity contribution in [3.05, 3.63) is 66.2 Å². The first-order valence-electron chi connectivity index (χ1n) is 11.7. The molecule has 0 aliphatic rings. The van der Waals surface area contributed by atoms with Crippen LogP contribution in [-0.4, -0.2) is 44.4 Å². The third kappa shape index (κ3) is 10.8. The summed E-state index contributed by atoms with van der Waals surface area (Å²) in [5.74, 6) is 0.911. The number of unbranched alkanes of at least 4 members (excludes halogenated alkanes) is 5. The second kappa shape index (κ2) is 14.2. The maximum absolute atomic E-state index is 6.32. The average molecular weight is 413 g/mol. The number of ether oxygens (including phenoxy) is 2. The van der Waals surface area contributed by atoms with E-state index in [0.717, 1.165) is 29.7 Å². The smallest absolute Gasteiger partial charge is 0.119 e. The van der Waals surface area contributed by atoms with Gasteiger partial charge in [-0.15, -0.1) is 0 Å². The van der Waals surface area contributed by atoms with Crippen LogP contribution in [0.2, 0.25) is 0 Å². The van der Waals surface area contributed by atoms with E-state index in [0.29, 0.717) is 13.2 Å². The zero-order valence-electron chi connectivity index (χ0n) is 19.4. The van der Waals surface area contributed by atoms with Crippen molar-refractivity contribution in [1.82, 2.24) is 0 Å². The third-order valence-electron chi connectivity index (χ3n) is 5.48. The molecule has 1 atom stereocenters. The molecule has 3 nitrogen and oxygen atoms in total. The number of likely N-dealkylation sites (N-methyl/N-ethyl adjacent to an activating group) is 1. The first-order valence-corrected chi connectivity index (χ1v) is 11.7. The van der Waals surface area contributed by atoms with E-state index in [4.69, 9.17) is 9.47 Å². The summed E-state index contributed by atoms with van der Waals surface area (Å²) in [6.45, 7) is 5.56. The molecule has 2 aromatic carbocycles. The van der Waals surface area contributed by atoms with Crippen LogP contribution >= 0.6 is 0 Å². The van der Waals surface area contributed by atoms with E-state index in [9.17, 15) is 0 Å². The largest absolute Gasteiger partial charge is 0.491 e. The van der Waals surface area contributed by atoms with E-state index in [2.05, 4.69) is 51.4 Å². The normalized spacial score (nSPS) is 12.6. The molecular weight excluding hydrogens is 370 g/mol. The Morgan fingerprint density at radius 3 is 2.10 bits per heavy atom. The molecule has 0 bridgehead atoms. The van der Waals surface area contributed by atoms with Gasteiger partial charge in [0.1, 0.15) is 31.5 Å². The minimum atomic E-state index is 0.272. The maximum atomic E-state index is 6.32. The molecule has 0 heterocycles. The predicted molar refractivity (Wildman–Crippen MR) is 127 cm³/mol. The fraction of sp³-hybridized carbons (Fsp3) is 0.556. The van der Waals surface area contributed by atoms with Gasteiger partial charge in [-0.1, -0.05) is 94.0 Å². The van der Waals surface area contributed by atoms with Crippen molar-refractivity contribution in [1.29, 1.82) is 0 Å². The second-order valence-corrected chi connectivity index (χ2v) is 8.97. The lowest BCUT2D eigenvalue weighted by Gasteiger charge is -2.33. The molecule has 3 heteroatoms. The van der Waals surface area contributed by atoms with E-state index in [1.54, 1.807) is 0 Å². The predicted octanol–water partition coefficient (Wildman–Crippen LogP) is 6.48. The molecule has 0 amide bonds. The summed E-state index contributed by atoms with van der Waals surface area (Å²) in [5, 5.41) is 0. The Bertz CT molecular complexity index is 657. The Balaban J connectivity index is 1.80. The first kappa shape index (κ1) is 24.4. The molecule has 1 unspecified atom stereocenters. The monoisotopic (exact) mass is 412 g/mol. The number of benzene rings is 2. The Morgan fingerprint density at radius 1 is 0.767 bits per heavy atom. The summed E-state index contributed by atoms with van der Waals surface area (Å²) in [5.41, 5.74) is 1.38. The lowest BCUT2D eigenvalue weighted by Crippen LogP contribution is -2.45. The van der Waals surface area contributed by atoms with Crippen LogP contribution in [0, 0.1) is 0 Å². The van der Waals surface area contributed by atoms with Gasteiger partial charge >= 0.3 is 0 Å². The van der Waals surface area contributed by atoms with Crippen LogP contribution in [0.5, 0.6) is 5.75 Å². The number of hydrogen-bond donors (Lipinski definition) is 0. The molecule has 0 aromatic heterocycles. The highest BCUT2D eigenvalue weighted by Gasteiger charge is 2.23. The summed E-state index contributed by atoms with van der Waals surface area (Å²) in [6.07, 6.45) is 9.34. The fourth-order valence-corrected chi connectivity index (χ4v) is 3.96. The molecule has 0 fully saturated rings. The van der Waals surface area contributed by atoms with E-state index in [1.165, 1.54) is 44.1 Å². The number of nitrogens with zero attached hydrogens (tertiary/aromatic N) is 1. The van der Waals surface area contributed by atoms with Gasteiger partial charge in [0.2, 0.25) is 0 Å². The van der Waals surface area contributed by atoms with Gasteiger partial charge in [0, 0.05) is 5.56 Å². The summed E-state index contributed by atoms with van der Waals surface area (Å²) in [6, 6.07) is 20.8. The lowest BCUT2D eigenvalue weighted by molar-refractivity contribution is -0.906. The minimum Gasteiger partial charge on any atom is -0.491 e. The maximum Gasteiger partial charge on any atom is 0.119 e. The van der Waals surface area contributed by atoms with Crippen molar-refractivity contribution in [3.63, 3.8) is 0 Å². The van der Waals surface area contributed by atoms with Crippen LogP contribution in [-0.2, 0) is 11.3 Å². The van der Waals surface area contributed by atoms with Gasteiger partial charge < -0.3 is 14.0 Å². The van der Waals surface area contributed by atoms with Crippen LogP contribution in [0.1, 0.15) is 57.4 Å². The molecular formula is C27H42NO2+. The van der Waals surface area contributed by atoms with Crippen molar-refractivity contribution >= 4 is 0 Å². The van der Waals surface area contributed by atoms with Gasteiger partial charge in [0.25, 0.3) is 0 Å². The second-order valence-electron chi connectivity index (χ2n) is 8.97. The van der Waals surface area contributed by atoms with Gasteiger partial charge in [-0.3, -0.25) is 0 Å². The van der Waals surface area contributed by atoms with Gasteiger partial charge in [-0.05, 0) is 18.6 Å². The van der Waals surface area contributed by atoms with Gasteiger partial charge in [0.05, 0.1) is 20.7 Å². The van der Waals surface area contributed by atoms with Crippen LogP contribution in [0.15, 0.2) is 60.7 Å². The molecule has 0 spiro atoms. The number of para-hydroxylation sites is 1. The van der Waals surface area contributed by atoms with Gasteiger partial charge in [-0.2, -0.15) is 0 Å². The molecule has 0 saturated carbocycles. The van der Waals surface area contributed by atoms with E-state index >= 15 is 0 Å². The summed E-state index contributed by atoms with van der Waals surface area (Å²) >= 11 is 0. The van der Waals surface area contributed by atoms with E-state index in [-0.39, 0.29) is 6.10 Å². The van der Waals surface area contributed by atoms with E-state index in [1.807, 2.05) is 30.3 Å². The topological polar surface area (TPSA) is 18.5 Å². The van der Waals surface area contributed by atoms with Crippen molar-refractivity contribution in [2.45, 2.75) is 64.5 Å². The molecule has 30 heavy (non-hydrogen) atoms. The standard InChI is InChI=1S/C27H42NO2/c1-4-5-6-7-8-13-20-27(30-22-21-29-26-18-14-10-15-19-26)24-28(2,3)23-25-16-11-9-12-17-25/h9-12,14-19,27H,4-8,13,20-24H2,1-3H3/q+1. The average Bonchev–Trinajstić information content (AvgIpc) is 2.74. The van der Waals surface area contributed by atoms with Crippen LogP contribution in [0.25, 0.3) is 0 Å². The molecule has 0 N–H and O–H groups in total. The highest BCUT2D eigenvalue weighted by Crippen LogP contribution is 2.16. The minimum absolute atomic E-state index is 0.272. The van der Waals surface area contributed by atoms with Crippen LogP contribution in [0.3, 0.4) is 0 Å². The fourth-order valence-electron chi connectivity index (χ4n) is 3.96. The highest BCUT2D eigenvalue weighted by atomic mass is 16.5. The SMILES string of the molecule is CCCCCCCCC(C[N+](C)(C)Cc1ccccc1)OCCOc1ccccc1. The first-order chi connectivity index (χ1) is 14.6. The van der Waals surface area contributed by atoms with Crippen molar-refractivity contribution < 1.29 is 14.0 Å². The molecule has 0 saturated heterocycles. The Morgan fingerprint density at radius 2 is 1.40 bits per heavy atom. The molecule has 0 aliphatic heterocycles. The summed E-state index contributed by atoms with van der Waals surface area (Å²) in [7, 11) is 4.62. The molecule has 166 valence electrons. The number of quaternary nitrogens is 1. The quantitative estimate of drug-likeness (QED) is 0.232. The summed E-state index contributed by atoms with van der Waals surface area (Å²) in [4.78, 5) is 0. The molecule has 0 radical (unpaired) electrons. The molecule has 2 rings (SSSR count). The zero-order chi connectivity index (χ0) is 21.5. The number of hydrogen-bond acceptors (Lipinski definition) is 2. The van der Waals surface area contributed by atoms with Crippen molar-refractivity contribution in [3.8, 4) is 5.75 Å². The van der Waals surface area contributed by atoms with Crippen LogP contribution in [0.4, 0.5) is 0 Å². The van der Waals surface area contributed by atoms with Crippen molar-refractivity contribution in [2.24, 2.45) is 0 Å². The van der Waals surface area contributed by atoms with Gasteiger partial charge in [-0.25, -0.2) is 0 Å². The number of rotatable bonds is 16. The molecule has 0 aliphatic carbocycles. The Hall–Kier alpha value is -1.84. The van der Waals surface area contributed by atoms with Crippen LogP contribution < -0.4 is 4.74 Å². The Labute approximate surface area is 184 Å². The highest BCUT2D eigenvalue weighted by molar-refractivity contribution is 5.20. The van der Waals surface area contributed by atoms with Crippen molar-refractivity contribution in [2.75, 3.05) is 33.9 Å². The summed E-state index contributed by atoms with van der Waals surface area (Å²) < 4.78 is 13.1. The molecule has 2 aromatic rings. The Kier molecular flexibility index (Phi) is 11.6. The zero-order valence-corrected chi connectivity index (χ0v) is 19.4. The third-order valence-corrected chi connectivity index (χ3v) is 5.48. The van der Waals surface area contributed by atoms with E-state index < -0.39 is 0 Å².